The Hall–Kier alpha value is -1.60. The van der Waals surface area contributed by atoms with Crippen molar-refractivity contribution in [2.24, 2.45) is 0 Å². The van der Waals surface area contributed by atoms with E-state index >= 15 is 0 Å². The van der Waals surface area contributed by atoms with E-state index in [4.69, 9.17) is 4.74 Å². The molecule has 0 spiro atoms. The Balaban J connectivity index is 1.96. The van der Waals surface area contributed by atoms with Crippen LogP contribution in [-0.4, -0.2) is 48.7 Å². The topological polar surface area (TPSA) is 74.1 Å². The molecule has 1 aromatic heterocycles. The fraction of sp³-hybridized carbons (Fsp3) is 0.600. The van der Waals surface area contributed by atoms with E-state index in [1.165, 1.54) is 11.3 Å². The molecule has 0 saturated carbocycles. The highest BCUT2D eigenvalue weighted by Crippen LogP contribution is 2.14. The number of rotatable bonds is 3. The fourth-order valence-electron chi connectivity index (χ4n) is 2.57. The third kappa shape index (κ3) is 4.20. The van der Waals surface area contributed by atoms with Gasteiger partial charge in [0.25, 0.3) is 0 Å². The minimum Gasteiger partial charge on any atom is -0.544 e. The highest BCUT2D eigenvalue weighted by Gasteiger charge is 2.33. The zero-order chi connectivity index (χ0) is 16.3. The summed E-state index contributed by atoms with van der Waals surface area (Å²) in [6, 6.07) is 1.14. The van der Waals surface area contributed by atoms with Crippen LogP contribution >= 0.6 is 11.3 Å². The van der Waals surface area contributed by atoms with Crippen molar-refractivity contribution >= 4 is 23.4 Å². The maximum absolute atomic E-state index is 12.0. The predicted octanol–water partition coefficient (Wildman–Crippen LogP) is -0.325. The standard InChI is InChI=1S/C15H22N2O4S/c1-15(2,3)21-14(20)17-7-5-16(6-8-17)12(13(18)19)11-4-9-22-10-11/h4,9-10,12H,5-8H2,1-3H3,(H,18,19)/t12-/m1/s1. The summed E-state index contributed by atoms with van der Waals surface area (Å²) in [7, 11) is 0. The van der Waals surface area contributed by atoms with Gasteiger partial charge in [0.1, 0.15) is 11.6 Å². The van der Waals surface area contributed by atoms with E-state index < -0.39 is 17.6 Å². The Morgan fingerprint density at radius 3 is 2.45 bits per heavy atom. The lowest BCUT2D eigenvalue weighted by Gasteiger charge is -2.37. The molecule has 0 aliphatic carbocycles. The van der Waals surface area contributed by atoms with Crippen molar-refractivity contribution in [1.82, 2.24) is 4.90 Å². The van der Waals surface area contributed by atoms with E-state index in [2.05, 4.69) is 0 Å². The fourth-order valence-corrected chi connectivity index (χ4v) is 3.26. The number of carboxylic acid groups (broad SMARTS) is 1. The second-order valence-corrected chi connectivity index (χ2v) is 7.21. The van der Waals surface area contributed by atoms with Crippen LogP contribution in [-0.2, 0) is 9.53 Å². The Labute approximate surface area is 134 Å². The van der Waals surface area contributed by atoms with Gasteiger partial charge in [-0.1, -0.05) is 0 Å². The second kappa shape index (κ2) is 6.66. The van der Waals surface area contributed by atoms with Gasteiger partial charge in [-0.15, -0.1) is 0 Å². The van der Waals surface area contributed by atoms with Gasteiger partial charge in [0.15, 0.2) is 6.04 Å². The number of nitrogens with zero attached hydrogens (tertiary/aromatic N) is 1. The minimum absolute atomic E-state index is 0.341. The average Bonchev–Trinajstić information content (AvgIpc) is 2.91. The number of hydrogen-bond donors (Lipinski definition) is 1. The van der Waals surface area contributed by atoms with Crippen molar-refractivity contribution in [3.8, 4) is 0 Å². The maximum atomic E-state index is 12.0. The van der Waals surface area contributed by atoms with E-state index in [0.717, 1.165) is 10.5 Å². The third-order valence-corrected chi connectivity index (χ3v) is 4.28. The van der Waals surface area contributed by atoms with Crippen LogP contribution in [0.15, 0.2) is 16.8 Å². The molecule has 1 amide bonds. The van der Waals surface area contributed by atoms with Crippen molar-refractivity contribution in [2.75, 3.05) is 26.2 Å². The van der Waals surface area contributed by atoms with Crippen molar-refractivity contribution in [3.63, 3.8) is 0 Å². The number of hydrogen-bond acceptors (Lipinski definition) is 5. The summed E-state index contributed by atoms with van der Waals surface area (Å²) in [6.07, 6.45) is -0.341. The van der Waals surface area contributed by atoms with Gasteiger partial charge in [-0.3, -0.25) is 4.90 Å². The van der Waals surface area contributed by atoms with Crippen LogP contribution in [0.5, 0.6) is 0 Å². The molecule has 122 valence electrons. The number of ether oxygens (including phenoxy) is 1. The van der Waals surface area contributed by atoms with E-state index in [9.17, 15) is 14.7 Å². The molecule has 0 bridgehead atoms. The molecule has 1 aromatic rings. The summed E-state index contributed by atoms with van der Waals surface area (Å²) in [6.45, 7) is 7.58. The molecule has 1 aliphatic heterocycles. The van der Waals surface area contributed by atoms with Gasteiger partial charge in [-0.05, 0) is 32.2 Å². The van der Waals surface area contributed by atoms with Gasteiger partial charge in [0.05, 0.1) is 26.2 Å². The number of piperazine rings is 1. The first-order valence-electron chi connectivity index (χ1n) is 7.33. The third-order valence-electron chi connectivity index (χ3n) is 3.58. The smallest absolute Gasteiger partial charge is 0.410 e. The number of carbonyl (C=O) groups is 2. The number of thiophene rings is 1. The van der Waals surface area contributed by atoms with Gasteiger partial charge < -0.3 is 19.5 Å². The van der Waals surface area contributed by atoms with E-state index in [1.54, 1.807) is 4.90 Å². The number of amides is 1. The molecular formula is C15H22N2O4S. The van der Waals surface area contributed by atoms with E-state index in [1.807, 2.05) is 37.6 Å². The maximum Gasteiger partial charge on any atom is 0.410 e. The Kier molecular flexibility index (Phi) is 5.08. The summed E-state index contributed by atoms with van der Waals surface area (Å²) < 4.78 is 5.34. The van der Waals surface area contributed by atoms with Gasteiger partial charge in [0.2, 0.25) is 0 Å². The Bertz CT molecular complexity index is 516. The van der Waals surface area contributed by atoms with Crippen LogP contribution in [0.1, 0.15) is 32.4 Å². The predicted molar refractivity (Wildman–Crippen MR) is 80.6 cm³/mol. The molecule has 0 radical (unpaired) electrons. The highest BCUT2D eigenvalue weighted by atomic mass is 32.1. The summed E-state index contributed by atoms with van der Waals surface area (Å²) in [5.74, 6) is -1.07. The molecule has 22 heavy (non-hydrogen) atoms. The Morgan fingerprint density at radius 1 is 1.36 bits per heavy atom. The van der Waals surface area contributed by atoms with Crippen LogP contribution in [0.4, 0.5) is 4.79 Å². The monoisotopic (exact) mass is 326 g/mol. The zero-order valence-electron chi connectivity index (χ0n) is 13.1. The average molecular weight is 326 g/mol. The van der Waals surface area contributed by atoms with Gasteiger partial charge in [-0.2, -0.15) is 11.3 Å². The number of aliphatic carboxylic acids is 1. The minimum atomic E-state index is -1.07. The molecule has 1 fully saturated rings. The van der Waals surface area contributed by atoms with Crippen LogP contribution in [0.2, 0.25) is 0 Å². The molecule has 1 N–H and O–H groups in total. The number of carbonyl (C=O) groups excluding carboxylic acids is 2. The highest BCUT2D eigenvalue weighted by molar-refractivity contribution is 7.08. The molecule has 2 heterocycles. The summed E-state index contributed by atoms with van der Waals surface area (Å²) in [5, 5.41) is 15.2. The SMILES string of the molecule is CC(C)(C)OC(=O)N1CC[NH+]([C@@H](C(=O)[O-])c2ccsc2)CC1. The van der Waals surface area contributed by atoms with Crippen molar-refractivity contribution in [2.45, 2.75) is 32.4 Å². The molecule has 7 heteroatoms. The normalized spacial score (nSPS) is 18.0. The quantitative estimate of drug-likeness (QED) is 0.826. The molecule has 0 unspecified atom stereocenters. The van der Waals surface area contributed by atoms with E-state index in [-0.39, 0.29) is 6.09 Å². The molecular weight excluding hydrogens is 304 g/mol. The van der Waals surface area contributed by atoms with Crippen molar-refractivity contribution < 1.29 is 24.3 Å². The lowest BCUT2D eigenvalue weighted by Crippen LogP contribution is -3.16. The van der Waals surface area contributed by atoms with Crippen LogP contribution in [0.3, 0.4) is 0 Å². The number of quaternary nitrogens is 1. The van der Waals surface area contributed by atoms with Crippen molar-refractivity contribution in [3.05, 3.63) is 22.4 Å². The second-order valence-electron chi connectivity index (χ2n) is 6.43. The molecule has 1 aliphatic rings. The van der Waals surface area contributed by atoms with Gasteiger partial charge >= 0.3 is 6.09 Å². The summed E-state index contributed by atoms with van der Waals surface area (Å²) in [5.41, 5.74) is 0.247. The lowest BCUT2D eigenvalue weighted by atomic mass is 10.1. The van der Waals surface area contributed by atoms with Crippen LogP contribution in [0, 0.1) is 0 Å². The molecule has 2 rings (SSSR count). The zero-order valence-corrected chi connectivity index (χ0v) is 13.9. The van der Waals surface area contributed by atoms with E-state index in [0.29, 0.717) is 26.2 Å². The van der Waals surface area contributed by atoms with Crippen molar-refractivity contribution in [1.29, 1.82) is 0 Å². The first-order chi connectivity index (χ1) is 10.3. The summed E-state index contributed by atoms with van der Waals surface area (Å²) in [4.78, 5) is 26.0. The number of nitrogens with one attached hydrogen (secondary N) is 1. The van der Waals surface area contributed by atoms with Gasteiger partial charge in [-0.25, -0.2) is 4.79 Å². The summed E-state index contributed by atoms with van der Waals surface area (Å²) >= 11 is 1.47. The number of carboxylic acids is 1. The molecule has 1 saturated heterocycles. The largest absolute Gasteiger partial charge is 0.544 e. The first-order valence-corrected chi connectivity index (χ1v) is 8.27. The Morgan fingerprint density at radius 2 is 2.00 bits per heavy atom. The van der Waals surface area contributed by atoms with Crippen LogP contribution < -0.4 is 10.0 Å². The molecule has 1 atom stereocenters. The molecule has 0 aromatic carbocycles. The van der Waals surface area contributed by atoms with Crippen LogP contribution in [0.25, 0.3) is 0 Å². The molecule has 6 nitrogen and oxygen atoms in total. The lowest BCUT2D eigenvalue weighted by molar-refractivity contribution is -0.928. The first kappa shape index (κ1) is 16.8. The van der Waals surface area contributed by atoms with Gasteiger partial charge in [0, 0.05) is 10.9 Å².